The Labute approximate surface area is 153 Å². The number of rotatable bonds is 7. The minimum Gasteiger partial charge on any atom is -0.307 e. The highest BCUT2D eigenvalue weighted by Crippen LogP contribution is 2.18. The molecule has 3 nitrogen and oxygen atoms in total. The molecular formula is C21H22N2OS. The molecule has 0 bridgehead atoms. The maximum atomic E-state index is 13.0. The average Bonchev–Trinajstić information content (AvgIpc) is 3.14. The summed E-state index contributed by atoms with van der Waals surface area (Å²) < 4.78 is 0. The monoisotopic (exact) mass is 350 g/mol. The largest absolute Gasteiger partial charge is 0.307 e. The van der Waals surface area contributed by atoms with Gasteiger partial charge in [0.1, 0.15) is 0 Å². The molecule has 3 rings (SSSR count). The van der Waals surface area contributed by atoms with Gasteiger partial charge in [0.25, 0.3) is 0 Å². The maximum absolute atomic E-state index is 13.0. The van der Waals surface area contributed by atoms with E-state index in [2.05, 4.69) is 28.5 Å². The number of carbonyl (C=O) groups excluding carboxylic acids is 1. The summed E-state index contributed by atoms with van der Waals surface area (Å²) in [6.07, 6.45) is 0. The molecule has 0 saturated heterocycles. The second kappa shape index (κ2) is 8.60. The molecule has 128 valence electrons. The van der Waals surface area contributed by atoms with E-state index >= 15 is 0 Å². The van der Waals surface area contributed by atoms with E-state index in [9.17, 15) is 4.79 Å². The van der Waals surface area contributed by atoms with Crippen LogP contribution in [0.5, 0.6) is 0 Å². The molecule has 2 aromatic carbocycles. The summed E-state index contributed by atoms with van der Waals surface area (Å²) in [5.41, 5.74) is 2.06. The first-order valence-corrected chi connectivity index (χ1v) is 9.20. The number of para-hydroxylation sites is 1. The Morgan fingerprint density at radius 1 is 0.880 bits per heavy atom. The van der Waals surface area contributed by atoms with Crippen LogP contribution in [0.15, 0.2) is 78.2 Å². The van der Waals surface area contributed by atoms with Crippen molar-refractivity contribution in [2.75, 3.05) is 18.5 Å². The van der Waals surface area contributed by atoms with Crippen molar-refractivity contribution in [3.05, 3.63) is 88.6 Å². The summed E-state index contributed by atoms with van der Waals surface area (Å²) >= 11 is 1.72. The van der Waals surface area contributed by atoms with Crippen LogP contribution >= 0.6 is 11.3 Å². The van der Waals surface area contributed by atoms with Crippen LogP contribution in [0.3, 0.4) is 0 Å². The van der Waals surface area contributed by atoms with Crippen LogP contribution in [0.2, 0.25) is 0 Å². The zero-order valence-corrected chi connectivity index (χ0v) is 15.2. The van der Waals surface area contributed by atoms with Gasteiger partial charge in [0, 0.05) is 17.1 Å². The molecular weight excluding hydrogens is 328 g/mol. The second-order valence-electron chi connectivity index (χ2n) is 6.05. The quantitative estimate of drug-likeness (QED) is 0.630. The highest BCUT2D eigenvalue weighted by Gasteiger charge is 2.18. The fourth-order valence-electron chi connectivity index (χ4n) is 2.74. The standard InChI is InChI=1S/C21H22N2OS/c1-22(16-20-13-8-14-25-20)17-21(24)23(19-11-6-3-7-12-19)15-18-9-4-2-5-10-18/h2-14H,15-17H2,1H3. The topological polar surface area (TPSA) is 23.6 Å². The number of hydrogen-bond donors (Lipinski definition) is 0. The van der Waals surface area contributed by atoms with Crippen LogP contribution in [-0.4, -0.2) is 24.4 Å². The Bertz CT molecular complexity index is 772. The summed E-state index contributed by atoms with van der Waals surface area (Å²) in [5, 5.41) is 2.07. The first-order valence-electron chi connectivity index (χ1n) is 8.32. The average molecular weight is 350 g/mol. The Balaban J connectivity index is 1.72. The van der Waals surface area contributed by atoms with E-state index in [1.165, 1.54) is 4.88 Å². The van der Waals surface area contributed by atoms with E-state index in [0.717, 1.165) is 17.8 Å². The molecule has 1 heterocycles. The molecule has 0 aliphatic rings. The Morgan fingerprint density at radius 3 is 2.20 bits per heavy atom. The smallest absolute Gasteiger partial charge is 0.241 e. The van der Waals surface area contributed by atoms with Gasteiger partial charge < -0.3 is 4.90 Å². The van der Waals surface area contributed by atoms with Gasteiger partial charge in [0.05, 0.1) is 13.1 Å². The van der Waals surface area contributed by atoms with Crippen molar-refractivity contribution in [2.24, 2.45) is 0 Å². The van der Waals surface area contributed by atoms with Crippen LogP contribution in [0.25, 0.3) is 0 Å². The number of carbonyl (C=O) groups is 1. The van der Waals surface area contributed by atoms with Crippen molar-refractivity contribution in [1.29, 1.82) is 0 Å². The van der Waals surface area contributed by atoms with Gasteiger partial charge in [-0.1, -0.05) is 54.6 Å². The molecule has 0 spiro atoms. The minimum atomic E-state index is 0.106. The lowest BCUT2D eigenvalue weighted by Gasteiger charge is -2.25. The van der Waals surface area contributed by atoms with Gasteiger partial charge in [0.15, 0.2) is 0 Å². The SMILES string of the molecule is CN(CC(=O)N(Cc1ccccc1)c1ccccc1)Cc1cccs1. The zero-order chi connectivity index (χ0) is 17.5. The van der Waals surface area contributed by atoms with Crippen LogP contribution in [0, 0.1) is 0 Å². The first-order chi connectivity index (χ1) is 12.2. The van der Waals surface area contributed by atoms with Crippen molar-refractivity contribution in [2.45, 2.75) is 13.1 Å². The highest BCUT2D eigenvalue weighted by molar-refractivity contribution is 7.09. The van der Waals surface area contributed by atoms with E-state index in [1.807, 2.05) is 66.5 Å². The molecule has 1 amide bonds. The number of amides is 1. The Hall–Kier alpha value is -2.43. The lowest BCUT2D eigenvalue weighted by molar-refractivity contribution is -0.119. The molecule has 1 aromatic heterocycles. The third-order valence-corrected chi connectivity index (χ3v) is 4.82. The van der Waals surface area contributed by atoms with Crippen LogP contribution in [0.1, 0.15) is 10.4 Å². The molecule has 0 radical (unpaired) electrons. The first kappa shape index (κ1) is 17.4. The third-order valence-electron chi connectivity index (χ3n) is 3.96. The molecule has 4 heteroatoms. The predicted molar refractivity (Wildman–Crippen MR) is 105 cm³/mol. The summed E-state index contributed by atoms with van der Waals surface area (Å²) in [4.78, 5) is 18.2. The minimum absolute atomic E-state index is 0.106. The number of thiophene rings is 1. The molecule has 0 unspecified atom stereocenters. The normalized spacial score (nSPS) is 10.8. The molecule has 0 aliphatic heterocycles. The number of hydrogen-bond acceptors (Lipinski definition) is 3. The van der Waals surface area contributed by atoms with Gasteiger partial charge in [-0.2, -0.15) is 0 Å². The van der Waals surface area contributed by atoms with Gasteiger partial charge in [-0.3, -0.25) is 9.69 Å². The molecule has 0 fully saturated rings. The number of anilines is 1. The summed E-state index contributed by atoms with van der Waals surface area (Å²) in [5.74, 6) is 0.106. The summed E-state index contributed by atoms with van der Waals surface area (Å²) in [7, 11) is 1.99. The van der Waals surface area contributed by atoms with E-state index in [0.29, 0.717) is 13.1 Å². The number of benzene rings is 2. The second-order valence-corrected chi connectivity index (χ2v) is 7.08. The lowest BCUT2D eigenvalue weighted by Crippen LogP contribution is -2.38. The Kier molecular flexibility index (Phi) is 5.99. The van der Waals surface area contributed by atoms with Gasteiger partial charge in [-0.25, -0.2) is 0 Å². The zero-order valence-electron chi connectivity index (χ0n) is 14.3. The fraction of sp³-hybridized carbons (Fsp3) is 0.190. The molecule has 0 atom stereocenters. The number of likely N-dealkylation sites (N-methyl/N-ethyl adjacent to an activating group) is 1. The van der Waals surface area contributed by atoms with Crippen molar-refractivity contribution >= 4 is 22.9 Å². The molecule has 0 saturated carbocycles. The predicted octanol–water partition coefficient (Wildman–Crippen LogP) is 4.41. The third kappa shape index (κ3) is 5.02. The van der Waals surface area contributed by atoms with Gasteiger partial charge in [-0.15, -0.1) is 11.3 Å². The van der Waals surface area contributed by atoms with Crippen LogP contribution in [-0.2, 0) is 17.9 Å². The molecule has 3 aromatic rings. The Morgan fingerprint density at radius 2 is 1.56 bits per heavy atom. The summed E-state index contributed by atoms with van der Waals surface area (Å²) in [6.45, 7) is 1.76. The maximum Gasteiger partial charge on any atom is 0.241 e. The molecule has 0 aliphatic carbocycles. The van der Waals surface area contributed by atoms with Gasteiger partial charge in [-0.05, 0) is 36.2 Å². The van der Waals surface area contributed by atoms with Gasteiger partial charge >= 0.3 is 0 Å². The molecule has 0 N–H and O–H groups in total. The van der Waals surface area contributed by atoms with E-state index in [1.54, 1.807) is 11.3 Å². The van der Waals surface area contributed by atoms with E-state index in [-0.39, 0.29) is 5.91 Å². The van der Waals surface area contributed by atoms with Gasteiger partial charge in [0.2, 0.25) is 5.91 Å². The van der Waals surface area contributed by atoms with Crippen molar-refractivity contribution in [3.63, 3.8) is 0 Å². The fourth-order valence-corrected chi connectivity index (χ4v) is 3.52. The molecule has 25 heavy (non-hydrogen) atoms. The summed E-state index contributed by atoms with van der Waals surface area (Å²) in [6, 6.07) is 24.1. The number of nitrogens with zero attached hydrogens (tertiary/aromatic N) is 2. The van der Waals surface area contributed by atoms with Crippen LogP contribution in [0.4, 0.5) is 5.69 Å². The van der Waals surface area contributed by atoms with Crippen molar-refractivity contribution < 1.29 is 4.79 Å². The van der Waals surface area contributed by atoms with Crippen molar-refractivity contribution in [3.8, 4) is 0 Å². The lowest BCUT2D eigenvalue weighted by atomic mass is 10.2. The van der Waals surface area contributed by atoms with Crippen LogP contribution < -0.4 is 4.90 Å². The highest BCUT2D eigenvalue weighted by atomic mass is 32.1. The van der Waals surface area contributed by atoms with E-state index < -0.39 is 0 Å². The van der Waals surface area contributed by atoms with Crippen molar-refractivity contribution in [1.82, 2.24) is 4.90 Å². The van der Waals surface area contributed by atoms with E-state index in [4.69, 9.17) is 0 Å².